The molecule has 1 aromatic carbocycles. The molecule has 1 saturated heterocycles. The van der Waals surface area contributed by atoms with Gasteiger partial charge in [-0.1, -0.05) is 13.3 Å². The molecule has 0 amide bonds. The number of hydrogen-bond donors (Lipinski definition) is 2. The molecule has 5 heteroatoms. The van der Waals surface area contributed by atoms with Crippen molar-refractivity contribution in [2.45, 2.75) is 52.0 Å². The number of nitrogens with zero attached hydrogens (tertiary/aromatic N) is 1. The van der Waals surface area contributed by atoms with E-state index in [1.54, 1.807) is 0 Å². The maximum atomic E-state index is 5.44. The Labute approximate surface area is 152 Å². The van der Waals surface area contributed by atoms with Crippen molar-refractivity contribution in [3.63, 3.8) is 0 Å². The average molecular weight is 350 g/mol. The van der Waals surface area contributed by atoms with Crippen LogP contribution in [0.3, 0.4) is 0 Å². The highest BCUT2D eigenvalue weighted by Gasteiger charge is 2.19. The Kier molecular flexibility index (Phi) is 8.33. The van der Waals surface area contributed by atoms with Crippen LogP contribution in [0.15, 0.2) is 24.3 Å². The normalized spacial score (nSPS) is 18.2. The summed E-state index contributed by atoms with van der Waals surface area (Å²) in [6.07, 6.45) is 6.50. The summed E-state index contributed by atoms with van der Waals surface area (Å²) in [5, 5.41) is 7.21. The van der Waals surface area contributed by atoms with Gasteiger partial charge in [-0.2, -0.15) is 0 Å². The van der Waals surface area contributed by atoms with Crippen LogP contribution in [0.5, 0.6) is 5.75 Å². The van der Waals surface area contributed by atoms with Crippen LogP contribution >= 0.6 is 12.2 Å². The van der Waals surface area contributed by atoms with Crippen LogP contribution in [0.25, 0.3) is 0 Å². The number of hydrogen-bond acceptors (Lipinski definition) is 3. The minimum Gasteiger partial charge on any atom is -0.494 e. The van der Waals surface area contributed by atoms with Crippen molar-refractivity contribution >= 4 is 23.0 Å². The first-order valence-electron chi connectivity index (χ1n) is 9.24. The summed E-state index contributed by atoms with van der Waals surface area (Å²) in [6.45, 7) is 8.30. The van der Waals surface area contributed by atoms with Crippen LogP contribution in [0.1, 0.15) is 46.0 Å². The van der Waals surface area contributed by atoms with Gasteiger partial charge in [-0.3, -0.25) is 0 Å². The number of rotatable bonds is 8. The molecule has 1 fully saturated rings. The maximum absolute atomic E-state index is 5.44. The van der Waals surface area contributed by atoms with Crippen molar-refractivity contribution in [3.8, 4) is 5.75 Å². The second-order valence-electron chi connectivity index (χ2n) is 6.29. The summed E-state index contributed by atoms with van der Waals surface area (Å²) < 4.78 is 5.44. The molecular weight excluding hydrogens is 318 g/mol. The Hall–Kier alpha value is -1.33. The van der Waals surface area contributed by atoms with E-state index in [9.17, 15) is 0 Å². The number of piperidine rings is 1. The topological polar surface area (TPSA) is 36.5 Å². The molecule has 1 aliphatic heterocycles. The Morgan fingerprint density at radius 3 is 2.75 bits per heavy atom. The van der Waals surface area contributed by atoms with E-state index in [1.807, 2.05) is 31.2 Å². The van der Waals surface area contributed by atoms with Gasteiger partial charge in [-0.25, -0.2) is 0 Å². The number of anilines is 1. The minimum atomic E-state index is 0.683. The molecule has 1 unspecified atom stereocenters. The fourth-order valence-corrected chi connectivity index (χ4v) is 3.50. The van der Waals surface area contributed by atoms with Crippen LogP contribution in [-0.2, 0) is 0 Å². The molecule has 1 atom stereocenters. The third-order valence-corrected chi connectivity index (χ3v) is 4.80. The highest BCUT2D eigenvalue weighted by atomic mass is 32.1. The van der Waals surface area contributed by atoms with Crippen molar-refractivity contribution in [3.05, 3.63) is 24.3 Å². The number of ether oxygens (including phenoxy) is 1. The van der Waals surface area contributed by atoms with E-state index in [4.69, 9.17) is 17.0 Å². The van der Waals surface area contributed by atoms with Gasteiger partial charge in [-0.15, -0.1) is 0 Å². The lowest BCUT2D eigenvalue weighted by atomic mass is 10.00. The van der Waals surface area contributed by atoms with Gasteiger partial charge in [0.25, 0.3) is 0 Å². The summed E-state index contributed by atoms with van der Waals surface area (Å²) in [5.74, 6) is 0.883. The summed E-state index contributed by atoms with van der Waals surface area (Å²) in [5.41, 5.74) is 0.984. The molecule has 134 valence electrons. The molecule has 4 nitrogen and oxygen atoms in total. The fourth-order valence-electron chi connectivity index (χ4n) is 3.28. The molecule has 2 rings (SSSR count). The second-order valence-corrected chi connectivity index (χ2v) is 6.69. The molecule has 1 heterocycles. The SMILES string of the molecule is CCOc1ccc(NC(=S)NCCCN2CCCCC2CC)cc1. The lowest BCUT2D eigenvalue weighted by Gasteiger charge is -2.35. The van der Waals surface area contributed by atoms with Gasteiger partial charge in [0.05, 0.1) is 6.61 Å². The predicted octanol–water partition coefficient (Wildman–Crippen LogP) is 4.03. The number of likely N-dealkylation sites (tertiary alicyclic amines) is 1. The van der Waals surface area contributed by atoms with Crippen molar-refractivity contribution in [1.82, 2.24) is 10.2 Å². The van der Waals surface area contributed by atoms with E-state index in [2.05, 4.69) is 22.5 Å². The first-order valence-corrected chi connectivity index (χ1v) is 9.65. The molecule has 24 heavy (non-hydrogen) atoms. The molecule has 0 spiro atoms. The lowest BCUT2D eigenvalue weighted by molar-refractivity contribution is 0.143. The smallest absolute Gasteiger partial charge is 0.170 e. The molecule has 0 saturated carbocycles. The first kappa shape index (κ1) is 19.0. The number of nitrogens with one attached hydrogen (secondary N) is 2. The van der Waals surface area contributed by atoms with Gasteiger partial charge in [0, 0.05) is 24.8 Å². The summed E-state index contributed by atoms with van der Waals surface area (Å²) >= 11 is 5.37. The van der Waals surface area contributed by atoms with Crippen LogP contribution in [0.4, 0.5) is 5.69 Å². The van der Waals surface area contributed by atoms with Gasteiger partial charge >= 0.3 is 0 Å². The lowest BCUT2D eigenvalue weighted by Crippen LogP contribution is -2.40. The number of thiocarbonyl (C=S) groups is 1. The minimum absolute atomic E-state index is 0.683. The van der Waals surface area contributed by atoms with E-state index < -0.39 is 0 Å². The third kappa shape index (κ3) is 6.29. The highest BCUT2D eigenvalue weighted by molar-refractivity contribution is 7.80. The molecule has 2 N–H and O–H groups in total. The molecule has 0 radical (unpaired) electrons. The molecule has 1 aromatic rings. The Morgan fingerprint density at radius 1 is 1.25 bits per heavy atom. The molecular formula is C19H31N3OS. The van der Waals surface area contributed by atoms with Crippen molar-refractivity contribution in [1.29, 1.82) is 0 Å². The summed E-state index contributed by atoms with van der Waals surface area (Å²) in [7, 11) is 0. The van der Waals surface area contributed by atoms with E-state index in [0.717, 1.165) is 37.0 Å². The Bertz CT molecular complexity index is 492. The molecule has 0 aliphatic carbocycles. The zero-order chi connectivity index (χ0) is 17.2. The van der Waals surface area contributed by atoms with Crippen molar-refractivity contribution in [2.24, 2.45) is 0 Å². The van der Waals surface area contributed by atoms with Gasteiger partial charge in [0.2, 0.25) is 0 Å². The number of benzene rings is 1. The van der Waals surface area contributed by atoms with Gasteiger partial charge < -0.3 is 20.3 Å². The van der Waals surface area contributed by atoms with Gasteiger partial charge in [-0.05, 0) is 75.6 Å². The van der Waals surface area contributed by atoms with Gasteiger partial charge in [0.1, 0.15) is 5.75 Å². The van der Waals surface area contributed by atoms with Crippen LogP contribution in [-0.4, -0.2) is 42.3 Å². The van der Waals surface area contributed by atoms with Crippen LogP contribution in [0, 0.1) is 0 Å². The summed E-state index contributed by atoms with van der Waals surface area (Å²) in [6, 6.07) is 8.66. The monoisotopic (exact) mass is 349 g/mol. The van der Waals surface area contributed by atoms with Crippen LogP contribution < -0.4 is 15.4 Å². The standard InChI is InChI=1S/C19H31N3OS/c1-3-17-8-5-6-14-22(17)15-7-13-20-19(24)21-16-9-11-18(12-10-16)23-4-2/h9-12,17H,3-8,13-15H2,1-2H3,(H2,20,21,24). The Morgan fingerprint density at radius 2 is 2.04 bits per heavy atom. The van der Waals surface area contributed by atoms with E-state index in [-0.39, 0.29) is 0 Å². The average Bonchev–Trinajstić information content (AvgIpc) is 2.61. The quantitative estimate of drug-likeness (QED) is 0.547. The van der Waals surface area contributed by atoms with E-state index in [1.165, 1.54) is 32.2 Å². The zero-order valence-corrected chi connectivity index (χ0v) is 15.8. The van der Waals surface area contributed by atoms with Crippen molar-refractivity contribution in [2.75, 3.05) is 31.6 Å². The fraction of sp³-hybridized carbons (Fsp3) is 0.632. The van der Waals surface area contributed by atoms with E-state index in [0.29, 0.717) is 11.7 Å². The predicted molar refractivity (Wildman–Crippen MR) is 106 cm³/mol. The van der Waals surface area contributed by atoms with Crippen LogP contribution in [0.2, 0.25) is 0 Å². The third-order valence-electron chi connectivity index (χ3n) is 4.55. The van der Waals surface area contributed by atoms with E-state index >= 15 is 0 Å². The van der Waals surface area contributed by atoms with Crippen molar-refractivity contribution < 1.29 is 4.74 Å². The molecule has 0 bridgehead atoms. The second kappa shape index (κ2) is 10.5. The molecule has 1 aliphatic rings. The van der Waals surface area contributed by atoms with Gasteiger partial charge in [0.15, 0.2) is 5.11 Å². The largest absolute Gasteiger partial charge is 0.494 e. The Balaban J connectivity index is 1.64. The summed E-state index contributed by atoms with van der Waals surface area (Å²) in [4.78, 5) is 2.65. The first-order chi connectivity index (χ1) is 11.7. The maximum Gasteiger partial charge on any atom is 0.170 e. The highest BCUT2D eigenvalue weighted by Crippen LogP contribution is 2.19. The zero-order valence-electron chi connectivity index (χ0n) is 15.0. The molecule has 0 aromatic heterocycles.